The number of aryl methyl sites for hydroxylation is 1. The van der Waals surface area contributed by atoms with Crippen LogP contribution >= 0.6 is 0 Å². The molecule has 0 heterocycles. The number of hydrogen-bond donors (Lipinski definition) is 3. The summed E-state index contributed by atoms with van der Waals surface area (Å²) in [5.41, 5.74) is 5.68. The normalized spacial score (nSPS) is 13.0. The maximum Gasteiger partial charge on any atom is 0.241 e. The Hall–Kier alpha value is -1.67. The number of amides is 1. The fraction of sp³-hybridized carbons (Fsp3) is 0.462. The van der Waals surface area contributed by atoms with Crippen LogP contribution in [0.2, 0.25) is 0 Å². The number of nitrogens with two attached hydrogens (primary N) is 1. The second-order valence-electron chi connectivity index (χ2n) is 4.78. The molecule has 0 spiro atoms. The monoisotopic (exact) mass is 317 g/mol. The van der Waals surface area contributed by atoms with E-state index < -0.39 is 27.8 Å². The van der Waals surface area contributed by atoms with Crippen LogP contribution in [0.15, 0.2) is 11.0 Å². The molecule has 1 aromatic rings. The molecule has 1 aromatic carbocycles. The summed E-state index contributed by atoms with van der Waals surface area (Å²) in [6, 6.07) is 0.119. The Morgan fingerprint density at radius 3 is 2.52 bits per heavy atom. The van der Waals surface area contributed by atoms with Crippen LogP contribution < -0.4 is 15.8 Å². The Labute approximate surface area is 124 Å². The topological polar surface area (TPSA) is 101 Å². The van der Waals surface area contributed by atoms with Gasteiger partial charge in [0.1, 0.15) is 5.82 Å². The lowest BCUT2D eigenvalue weighted by molar-refractivity contribution is -0.122. The lowest BCUT2D eigenvalue weighted by Crippen LogP contribution is -2.44. The van der Waals surface area contributed by atoms with Crippen LogP contribution in [0.5, 0.6) is 0 Å². The number of likely N-dealkylation sites (N-methyl/N-ethyl adjacent to an activating group) is 1. The average Bonchev–Trinajstić information content (AvgIpc) is 2.35. The van der Waals surface area contributed by atoms with Crippen LogP contribution in [0.3, 0.4) is 0 Å². The van der Waals surface area contributed by atoms with Gasteiger partial charge in [0.2, 0.25) is 15.9 Å². The van der Waals surface area contributed by atoms with Gasteiger partial charge < -0.3 is 11.1 Å². The van der Waals surface area contributed by atoms with Crippen molar-refractivity contribution in [2.45, 2.75) is 38.6 Å². The highest BCUT2D eigenvalue weighted by Crippen LogP contribution is 2.27. The molecule has 8 heteroatoms. The van der Waals surface area contributed by atoms with Gasteiger partial charge >= 0.3 is 0 Å². The second-order valence-corrected chi connectivity index (χ2v) is 6.43. The highest BCUT2D eigenvalue weighted by molar-refractivity contribution is 7.89. The standard InChI is InChI=1S/C13H20FN3O3S/c1-5-16-13(18)9(4)17-21(19,20)12-7(2)6-10(14)11(15)8(12)3/h6,9,17H,5,15H2,1-4H3,(H,16,18). The number of carbonyl (C=O) groups is 1. The first kappa shape index (κ1) is 17.4. The van der Waals surface area contributed by atoms with Crippen LogP contribution in [0, 0.1) is 19.7 Å². The van der Waals surface area contributed by atoms with Gasteiger partial charge in [-0.1, -0.05) is 0 Å². The van der Waals surface area contributed by atoms with E-state index in [9.17, 15) is 17.6 Å². The Bertz CT molecular complexity index is 659. The number of halogens is 1. The first-order valence-electron chi connectivity index (χ1n) is 6.47. The Kier molecular flexibility index (Phi) is 5.30. The minimum Gasteiger partial charge on any atom is -0.396 e. The predicted molar refractivity (Wildman–Crippen MR) is 78.8 cm³/mol. The minimum absolute atomic E-state index is 0.0995. The lowest BCUT2D eigenvalue weighted by Gasteiger charge is -2.17. The number of nitrogens with one attached hydrogen (secondary N) is 2. The van der Waals surface area contributed by atoms with Gasteiger partial charge in [-0.2, -0.15) is 4.72 Å². The maximum absolute atomic E-state index is 13.5. The summed E-state index contributed by atoms with van der Waals surface area (Å²) in [7, 11) is -3.98. The molecule has 0 aliphatic heterocycles. The molecule has 0 saturated carbocycles. The fourth-order valence-electron chi connectivity index (χ4n) is 2.02. The van der Waals surface area contributed by atoms with E-state index in [2.05, 4.69) is 10.0 Å². The Morgan fingerprint density at radius 1 is 1.43 bits per heavy atom. The van der Waals surface area contributed by atoms with Gasteiger partial charge in [-0.25, -0.2) is 12.8 Å². The molecule has 0 aromatic heterocycles. The van der Waals surface area contributed by atoms with E-state index in [0.29, 0.717) is 6.54 Å². The number of hydrogen-bond acceptors (Lipinski definition) is 4. The van der Waals surface area contributed by atoms with Gasteiger partial charge in [0.05, 0.1) is 16.6 Å². The van der Waals surface area contributed by atoms with Crippen molar-refractivity contribution in [2.75, 3.05) is 12.3 Å². The van der Waals surface area contributed by atoms with E-state index >= 15 is 0 Å². The zero-order chi connectivity index (χ0) is 16.4. The molecule has 0 radical (unpaired) electrons. The highest BCUT2D eigenvalue weighted by Gasteiger charge is 2.26. The Morgan fingerprint density at radius 2 is 2.00 bits per heavy atom. The molecule has 0 bridgehead atoms. The molecule has 21 heavy (non-hydrogen) atoms. The van der Waals surface area contributed by atoms with Crippen molar-refractivity contribution in [1.82, 2.24) is 10.0 Å². The number of sulfonamides is 1. The number of carbonyl (C=O) groups excluding carboxylic acids is 1. The second kappa shape index (κ2) is 6.40. The maximum atomic E-state index is 13.5. The summed E-state index contributed by atoms with van der Waals surface area (Å²) in [6.07, 6.45) is 0. The summed E-state index contributed by atoms with van der Waals surface area (Å²) < 4.78 is 40.5. The summed E-state index contributed by atoms with van der Waals surface area (Å²) in [6.45, 7) is 6.46. The molecule has 1 atom stereocenters. The molecular formula is C13H20FN3O3S. The average molecular weight is 317 g/mol. The van der Waals surface area contributed by atoms with Crippen molar-refractivity contribution in [3.8, 4) is 0 Å². The van der Waals surface area contributed by atoms with Gasteiger partial charge in [-0.15, -0.1) is 0 Å². The van der Waals surface area contributed by atoms with Gasteiger partial charge in [-0.3, -0.25) is 4.79 Å². The quantitative estimate of drug-likeness (QED) is 0.700. The zero-order valence-electron chi connectivity index (χ0n) is 12.5. The minimum atomic E-state index is -3.98. The molecule has 0 saturated heterocycles. The number of anilines is 1. The molecule has 4 N–H and O–H groups in total. The molecule has 6 nitrogen and oxygen atoms in total. The molecule has 1 rings (SSSR count). The van der Waals surface area contributed by atoms with Crippen molar-refractivity contribution in [1.29, 1.82) is 0 Å². The third kappa shape index (κ3) is 3.70. The van der Waals surface area contributed by atoms with Crippen molar-refractivity contribution < 1.29 is 17.6 Å². The summed E-state index contributed by atoms with van der Waals surface area (Å²) in [4.78, 5) is 11.5. The largest absolute Gasteiger partial charge is 0.396 e. The van der Waals surface area contributed by atoms with Crippen LogP contribution in [0.25, 0.3) is 0 Å². The molecule has 0 fully saturated rings. The van der Waals surface area contributed by atoms with Crippen LogP contribution in [0.1, 0.15) is 25.0 Å². The summed E-state index contributed by atoms with van der Waals surface area (Å²) in [5.74, 6) is -1.10. The zero-order valence-corrected chi connectivity index (χ0v) is 13.3. The van der Waals surface area contributed by atoms with Gasteiger partial charge in [-0.05, 0) is 44.9 Å². The molecule has 1 unspecified atom stereocenters. The van der Waals surface area contributed by atoms with Crippen molar-refractivity contribution in [3.05, 3.63) is 23.0 Å². The van der Waals surface area contributed by atoms with Crippen LogP contribution in [0.4, 0.5) is 10.1 Å². The van der Waals surface area contributed by atoms with Crippen molar-refractivity contribution >= 4 is 21.6 Å². The smallest absolute Gasteiger partial charge is 0.241 e. The number of nitrogen functional groups attached to an aromatic ring is 1. The van der Waals surface area contributed by atoms with Crippen LogP contribution in [-0.2, 0) is 14.8 Å². The van der Waals surface area contributed by atoms with E-state index in [4.69, 9.17) is 5.73 Å². The molecule has 1 amide bonds. The SMILES string of the molecule is CCNC(=O)C(C)NS(=O)(=O)c1c(C)cc(F)c(N)c1C. The van der Waals surface area contributed by atoms with Crippen molar-refractivity contribution in [3.63, 3.8) is 0 Å². The van der Waals surface area contributed by atoms with Gasteiger partial charge in [0, 0.05) is 6.54 Å². The van der Waals surface area contributed by atoms with E-state index in [1.807, 2.05) is 0 Å². The van der Waals surface area contributed by atoms with Crippen molar-refractivity contribution in [2.24, 2.45) is 0 Å². The Balaban J connectivity index is 3.21. The molecule has 118 valence electrons. The van der Waals surface area contributed by atoms with E-state index in [0.717, 1.165) is 6.07 Å². The lowest BCUT2D eigenvalue weighted by atomic mass is 10.1. The third-order valence-electron chi connectivity index (χ3n) is 3.05. The predicted octanol–water partition coefficient (Wildman–Crippen LogP) is 0.828. The number of benzene rings is 1. The summed E-state index contributed by atoms with van der Waals surface area (Å²) >= 11 is 0. The highest BCUT2D eigenvalue weighted by atomic mass is 32.2. The fourth-order valence-corrected chi connectivity index (χ4v) is 3.70. The van der Waals surface area contributed by atoms with E-state index in [1.165, 1.54) is 20.8 Å². The molecule has 0 aliphatic carbocycles. The van der Waals surface area contributed by atoms with E-state index in [1.54, 1.807) is 6.92 Å². The third-order valence-corrected chi connectivity index (χ3v) is 4.88. The van der Waals surface area contributed by atoms with E-state index in [-0.39, 0.29) is 21.7 Å². The first-order valence-corrected chi connectivity index (χ1v) is 7.95. The molecular weight excluding hydrogens is 297 g/mol. The number of rotatable bonds is 5. The van der Waals surface area contributed by atoms with Gasteiger partial charge in [0.15, 0.2) is 0 Å². The first-order chi connectivity index (χ1) is 9.61. The molecule has 0 aliphatic rings. The summed E-state index contributed by atoms with van der Waals surface area (Å²) in [5, 5.41) is 2.52. The van der Waals surface area contributed by atoms with Crippen LogP contribution in [-0.4, -0.2) is 26.9 Å². The van der Waals surface area contributed by atoms with Gasteiger partial charge in [0.25, 0.3) is 0 Å².